The highest BCUT2D eigenvalue weighted by molar-refractivity contribution is 7.98. The van der Waals surface area contributed by atoms with Gasteiger partial charge >= 0.3 is 0 Å². The largest absolute Gasteiger partial charge is 0.339 e. The van der Waals surface area contributed by atoms with Gasteiger partial charge in [0.1, 0.15) is 17.5 Å². The maximum Gasteiger partial charge on any atom is 0.261 e. The number of benzene rings is 1. The molecular weight excluding hydrogens is 480 g/mol. The van der Waals surface area contributed by atoms with Crippen LogP contribution >= 0.6 is 11.8 Å². The van der Waals surface area contributed by atoms with E-state index in [1.165, 1.54) is 43.8 Å². The number of pyridine rings is 3. The molecule has 1 aliphatic rings. The van der Waals surface area contributed by atoms with E-state index in [9.17, 15) is 4.79 Å². The Morgan fingerprint density at radius 2 is 1.81 bits per heavy atom. The molecule has 0 aliphatic carbocycles. The van der Waals surface area contributed by atoms with Crippen LogP contribution in [0.25, 0.3) is 10.8 Å². The average molecular weight is 515 g/mol. The van der Waals surface area contributed by atoms with Crippen molar-refractivity contribution in [1.82, 2.24) is 19.4 Å². The van der Waals surface area contributed by atoms with Gasteiger partial charge in [-0.15, -0.1) is 0 Å². The lowest BCUT2D eigenvalue weighted by atomic mass is 9.89. The summed E-state index contributed by atoms with van der Waals surface area (Å²) >= 11 is 1.92. The van der Waals surface area contributed by atoms with E-state index in [0.29, 0.717) is 28.8 Å². The van der Waals surface area contributed by atoms with Gasteiger partial charge in [-0.3, -0.25) is 4.79 Å². The van der Waals surface area contributed by atoms with Crippen molar-refractivity contribution >= 4 is 45.7 Å². The van der Waals surface area contributed by atoms with Crippen LogP contribution in [-0.4, -0.2) is 51.1 Å². The minimum atomic E-state index is -0.0856. The number of aryl methyl sites for hydroxylation is 2. The highest BCUT2D eigenvalue weighted by Crippen LogP contribution is 2.31. The van der Waals surface area contributed by atoms with E-state index in [2.05, 4.69) is 51.0 Å². The van der Waals surface area contributed by atoms with Crippen LogP contribution in [-0.2, 0) is 7.05 Å². The molecule has 1 saturated heterocycles. The Hall–Kier alpha value is -3.36. The molecule has 0 radical (unpaired) electrons. The van der Waals surface area contributed by atoms with Crippen LogP contribution < -0.4 is 16.2 Å². The molecule has 1 aliphatic heterocycles. The third-order valence-corrected chi connectivity index (χ3v) is 7.67. The lowest BCUT2D eigenvalue weighted by Gasteiger charge is -2.32. The van der Waals surface area contributed by atoms with E-state index in [0.717, 1.165) is 16.6 Å². The molecule has 0 unspecified atom stereocenters. The van der Waals surface area contributed by atoms with Gasteiger partial charge in [0.25, 0.3) is 5.56 Å². The molecule has 37 heavy (non-hydrogen) atoms. The van der Waals surface area contributed by atoms with Crippen molar-refractivity contribution in [2.75, 3.05) is 42.3 Å². The fourth-order valence-electron chi connectivity index (χ4n) is 4.93. The first-order valence-electron chi connectivity index (χ1n) is 12.8. The molecule has 0 saturated carbocycles. The van der Waals surface area contributed by atoms with Crippen molar-refractivity contribution < 1.29 is 0 Å². The van der Waals surface area contributed by atoms with Crippen LogP contribution in [0.4, 0.5) is 23.1 Å². The monoisotopic (exact) mass is 514 g/mol. The minimum absolute atomic E-state index is 0.0856. The smallest absolute Gasteiger partial charge is 0.261 e. The standard InChI is InChI=1S/C29H34N6OS/c1-20-8-12-30-25(18-20)32-26-19-23-9-13-34(2)29(36)27(23)28(33-26)31-24-6-4-21(5-7-24)22-10-14-35(15-11-22)16-17-37-3/h4-9,12-13,18-19,22H,10-11,14-17H2,1-3H3,(H2,30,31,32,33). The van der Waals surface area contributed by atoms with E-state index in [1.807, 2.05) is 43.0 Å². The molecule has 0 spiro atoms. The van der Waals surface area contributed by atoms with Crippen LogP contribution in [0.3, 0.4) is 0 Å². The second kappa shape index (κ2) is 11.4. The lowest BCUT2D eigenvalue weighted by Crippen LogP contribution is -2.34. The van der Waals surface area contributed by atoms with E-state index in [4.69, 9.17) is 4.98 Å². The summed E-state index contributed by atoms with van der Waals surface area (Å²) in [4.78, 5) is 24.8. The number of hydrogen-bond acceptors (Lipinski definition) is 7. The molecule has 1 fully saturated rings. The molecule has 4 heterocycles. The Bertz CT molecular complexity index is 1430. The van der Waals surface area contributed by atoms with Crippen molar-refractivity contribution in [3.8, 4) is 0 Å². The average Bonchev–Trinajstić information content (AvgIpc) is 2.90. The first kappa shape index (κ1) is 25.3. The van der Waals surface area contributed by atoms with E-state index in [1.54, 1.807) is 24.0 Å². The van der Waals surface area contributed by atoms with Gasteiger partial charge < -0.3 is 20.1 Å². The normalized spacial score (nSPS) is 14.7. The van der Waals surface area contributed by atoms with Crippen LogP contribution in [0.5, 0.6) is 0 Å². The fourth-order valence-corrected chi connectivity index (χ4v) is 5.37. The minimum Gasteiger partial charge on any atom is -0.339 e. The van der Waals surface area contributed by atoms with Crippen LogP contribution in [0, 0.1) is 6.92 Å². The number of nitrogens with one attached hydrogen (secondary N) is 2. The number of anilines is 4. The zero-order valence-electron chi connectivity index (χ0n) is 21.7. The summed E-state index contributed by atoms with van der Waals surface area (Å²) in [6.45, 7) is 5.54. The Kier molecular flexibility index (Phi) is 7.76. The van der Waals surface area contributed by atoms with Gasteiger partial charge in [0.15, 0.2) is 0 Å². The van der Waals surface area contributed by atoms with Crippen molar-refractivity contribution in [3.05, 3.63) is 82.4 Å². The molecule has 7 nitrogen and oxygen atoms in total. The summed E-state index contributed by atoms with van der Waals surface area (Å²) in [7, 11) is 1.76. The van der Waals surface area contributed by atoms with Crippen molar-refractivity contribution in [1.29, 1.82) is 0 Å². The van der Waals surface area contributed by atoms with Crippen LogP contribution in [0.15, 0.2) is 65.7 Å². The zero-order valence-corrected chi connectivity index (χ0v) is 22.5. The molecule has 2 N–H and O–H groups in total. The maximum absolute atomic E-state index is 13.1. The number of aromatic nitrogens is 3. The van der Waals surface area contributed by atoms with Crippen LogP contribution in [0.2, 0.25) is 0 Å². The Morgan fingerprint density at radius 3 is 2.54 bits per heavy atom. The number of thioether (sulfide) groups is 1. The molecule has 4 aromatic rings. The van der Waals surface area contributed by atoms with Gasteiger partial charge in [0.05, 0.1) is 5.39 Å². The van der Waals surface area contributed by atoms with Crippen molar-refractivity contribution in [3.63, 3.8) is 0 Å². The molecular formula is C29H34N6OS. The first-order chi connectivity index (χ1) is 18.0. The zero-order chi connectivity index (χ0) is 25.8. The van der Waals surface area contributed by atoms with Crippen molar-refractivity contribution in [2.24, 2.45) is 7.05 Å². The van der Waals surface area contributed by atoms with Gasteiger partial charge in [-0.2, -0.15) is 11.8 Å². The lowest BCUT2D eigenvalue weighted by molar-refractivity contribution is 0.224. The summed E-state index contributed by atoms with van der Waals surface area (Å²) in [6, 6.07) is 16.4. The Labute approximate surface area is 222 Å². The van der Waals surface area contributed by atoms with Gasteiger partial charge in [-0.05, 0) is 97.9 Å². The molecule has 5 rings (SSSR count). The molecule has 192 valence electrons. The van der Waals surface area contributed by atoms with Gasteiger partial charge in [-0.1, -0.05) is 12.1 Å². The van der Waals surface area contributed by atoms with Crippen LogP contribution in [0.1, 0.15) is 29.9 Å². The van der Waals surface area contributed by atoms with E-state index >= 15 is 0 Å². The number of fused-ring (bicyclic) bond motifs is 1. The number of piperidine rings is 1. The van der Waals surface area contributed by atoms with Gasteiger partial charge in [0, 0.05) is 37.4 Å². The predicted molar refractivity (Wildman–Crippen MR) is 156 cm³/mol. The first-order valence-corrected chi connectivity index (χ1v) is 14.2. The molecule has 1 aromatic carbocycles. The molecule has 0 amide bonds. The number of nitrogens with zero attached hydrogens (tertiary/aromatic N) is 4. The van der Waals surface area contributed by atoms with Gasteiger partial charge in [0.2, 0.25) is 0 Å². The summed E-state index contributed by atoms with van der Waals surface area (Å²) in [6.07, 6.45) is 8.12. The second-order valence-corrected chi connectivity index (χ2v) is 10.7. The summed E-state index contributed by atoms with van der Waals surface area (Å²) in [5.41, 5.74) is 3.31. The van der Waals surface area contributed by atoms with Gasteiger partial charge in [-0.25, -0.2) is 9.97 Å². The fraction of sp³-hybridized carbons (Fsp3) is 0.345. The van der Waals surface area contributed by atoms with E-state index in [-0.39, 0.29) is 5.56 Å². The highest BCUT2D eigenvalue weighted by Gasteiger charge is 2.20. The maximum atomic E-state index is 13.1. The SMILES string of the molecule is CSCCN1CCC(c2ccc(Nc3nc(Nc4cc(C)ccn4)cc4ccn(C)c(=O)c34)cc2)CC1. The van der Waals surface area contributed by atoms with Crippen molar-refractivity contribution in [2.45, 2.75) is 25.7 Å². The predicted octanol–water partition coefficient (Wildman–Crippen LogP) is 5.67. The third-order valence-electron chi connectivity index (χ3n) is 7.08. The molecule has 8 heteroatoms. The molecule has 3 aromatic heterocycles. The number of likely N-dealkylation sites (tertiary alicyclic amines) is 1. The Morgan fingerprint density at radius 1 is 1.03 bits per heavy atom. The summed E-state index contributed by atoms with van der Waals surface area (Å²) in [5.74, 6) is 3.68. The molecule has 0 atom stereocenters. The van der Waals surface area contributed by atoms with E-state index < -0.39 is 0 Å². The molecule has 0 bridgehead atoms. The number of rotatable bonds is 8. The third kappa shape index (κ3) is 5.97. The topological polar surface area (TPSA) is 75.1 Å². The quantitative estimate of drug-likeness (QED) is 0.314. The summed E-state index contributed by atoms with van der Waals surface area (Å²) < 4.78 is 1.58. The summed E-state index contributed by atoms with van der Waals surface area (Å²) in [5, 5.41) is 8.09. The Balaban J connectivity index is 1.38. The highest BCUT2D eigenvalue weighted by atomic mass is 32.2. The number of hydrogen-bond donors (Lipinski definition) is 2. The second-order valence-electron chi connectivity index (χ2n) is 9.75.